The summed E-state index contributed by atoms with van der Waals surface area (Å²) in [5, 5.41) is 14.4. The van der Waals surface area contributed by atoms with Crippen LogP contribution in [0.3, 0.4) is 0 Å². The highest BCUT2D eigenvalue weighted by atomic mass is 16.6. The fraction of sp³-hybridized carbons (Fsp3) is 0.333. The third-order valence-electron chi connectivity index (χ3n) is 3.89. The van der Waals surface area contributed by atoms with Crippen molar-refractivity contribution < 1.29 is 14.4 Å². The Labute approximate surface area is 141 Å². The van der Waals surface area contributed by atoms with Crippen molar-refractivity contribution in [1.29, 1.82) is 0 Å². The molecule has 0 aliphatic rings. The molecule has 2 aromatic rings. The number of nitrogens with one attached hydrogen (secondary N) is 1. The van der Waals surface area contributed by atoms with Crippen molar-refractivity contribution in [3.8, 4) is 11.5 Å². The maximum absolute atomic E-state index is 10.9. The number of nitrogens with zero attached hydrogens (tertiary/aromatic N) is 1. The number of hydrogen-bond acceptors (Lipinski definition) is 5. The van der Waals surface area contributed by atoms with Crippen LogP contribution in [0, 0.1) is 10.1 Å². The molecule has 0 fully saturated rings. The molecule has 24 heavy (non-hydrogen) atoms. The number of ether oxygens (including phenoxy) is 2. The number of rotatable bonds is 8. The van der Waals surface area contributed by atoms with Crippen LogP contribution in [0.15, 0.2) is 42.5 Å². The summed E-state index contributed by atoms with van der Waals surface area (Å²) in [6.45, 7) is 2.67. The lowest BCUT2D eigenvalue weighted by Gasteiger charge is -2.18. The van der Waals surface area contributed by atoms with Crippen LogP contribution in [0.4, 0.5) is 5.69 Å². The van der Waals surface area contributed by atoms with Gasteiger partial charge in [0.1, 0.15) is 0 Å². The second-order valence-corrected chi connectivity index (χ2v) is 5.38. The molecular weight excluding hydrogens is 308 g/mol. The Balaban J connectivity index is 2.11. The zero-order valence-corrected chi connectivity index (χ0v) is 14.1. The molecule has 0 aliphatic heterocycles. The van der Waals surface area contributed by atoms with Crippen molar-refractivity contribution in [3.63, 3.8) is 0 Å². The van der Waals surface area contributed by atoms with Crippen molar-refractivity contribution in [2.75, 3.05) is 14.2 Å². The Bertz CT molecular complexity index is 703. The minimum absolute atomic E-state index is 0.0398. The molecule has 0 saturated heterocycles. The van der Waals surface area contributed by atoms with E-state index in [1.807, 2.05) is 31.2 Å². The third kappa shape index (κ3) is 4.23. The standard InChI is InChI=1S/C18H22N2O4/c1-4-16(14-6-5-7-15(11-14)20(21)22)19-12-13-8-9-17(23-2)18(10-13)24-3/h5-11,16,19H,4,12H2,1-3H3. The lowest BCUT2D eigenvalue weighted by atomic mass is 10.0. The van der Waals surface area contributed by atoms with Gasteiger partial charge in [0.15, 0.2) is 11.5 Å². The topological polar surface area (TPSA) is 73.6 Å². The second kappa shape index (κ2) is 8.31. The molecule has 1 atom stereocenters. The number of hydrogen-bond donors (Lipinski definition) is 1. The highest BCUT2D eigenvalue weighted by Gasteiger charge is 2.13. The first-order chi connectivity index (χ1) is 11.6. The van der Waals surface area contributed by atoms with Crippen LogP contribution in [-0.4, -0.2) is 19.1 Å². The van der Waals surface area contributed by atoms with Gasteiger partial charge in [0.25, 0.3) is 5.69 Å². The van der Waals surface area contributed by atoms with E-state index in [0.717, 1.165) is 17.5 Å². The lowest BCUT2D eigenvalue weighted by molar-refractivity contribution is -0.384. The highest BCUT2D eigenvalue weighted by molar-refractivity contribution is 5.43. The first kappa shape index (κ1) is 17.7. The molecule has 0 radical (unpaired) electrons. The van der Waals surface area contributed by atoms with E-state index in [2.05, 4.69) is 5.32 Å². The van der Waals surface area contributed by atoms with Crippen LogP contribution in [0.5, 0.6) is 11.5 Å². The van der Waals surface area contributed by atoms with Gasteiger partial charge in [-0.25, -0.2) is 0 Å². The van der Waals surface area contributed by atoms with Gasteiger partial charge in [0.2, 0.25) is 0 Å². The summed E-state index contributed by atoms with van der Waals surface area (Å²) in [7, 11) is 3.21. The van der Waals surface area contributed by atoms with E-state index >= 15 is 0 Å². The Morgan fingerprint density at radius 3 is 2.50 bits per heavy atom. The number of methoxy groups -OCH3 is 2. The predicted octanol–water partition coefficient (Wildman–Crippen LogP) is 3.85. The predicted molar refractivity (Wildman–Crippen MR) is 92.5 cm³/mol. The summed E-state index contributed by atoms with van der Waals surface area (Å²) in [4.78, 5) is 10.6. The molecule has 6 nitrogen and oxygen atoms in total. The molecule has 2 aromatic carbocycles. The molecule has 0 saturated carbocycles. The van der Waals surface area contributed by atoms with Crippen LogP contribution >= 0.6 is 0 Å². The van der Waals surface area contributed by atoms with Crippen LogP contribution in [0.25, 0.3) is 0 Å². The summed E-state index contributed by atoms with van der Waals surface area (Å²) in [6, 6.07) is 12.5. The van der Waals surface area contributed by atoms with Crippen molar-refractivity contribution in [2.24, 2.45) is 0 Å². The van der Waals surface area contributed by atoms with E-state index in [-0.39, 0.29) is 16.7 Å². The third-order valence-corrected chi connectivity index (χ3v) is 3.89. The number of nitro groups is 1. The molecule has 6 heteroatoms. The van der Waals surface area contributed by atoms with Crippen molar-refractivity contribution in [2.45, 2.75) is 25.9 Å². The molecule has 0 bridgehead atoms. The van der Waals surface area contributed by atoms with E-state index in [4.69, 9.17) is 9.47 Å². The first-order valence-electron chi connectivity index (χ1n) is 7.77. The maximum Gasteiger partial charge on any atom is 0.269 e. The minimum Gasteiger partial charge on any atom is -0.493 e. The molecule has 2 rings (SSSR count). The molecule has 0 spiro atoms. The molecule has 0 amide bonds. The minimum atomic E-state index is -0.370. The van der Waals surface area contributed by atoms with E-state index in [0.29, 0.717) is 18.0 Å². The summed E-state index contributed by atoms with van der Waals surface area (Å²) < 4.78 is 10.5. The fourth-order valence-corrected chi connectivity index (χ4v) is 2.58. The molecule has 0 aliphatic carbocycles. The Morgan fingerprint density at radius 1 is 1.12 bits per heavy atom. The number of non-ortho nitro benzene ring substituents is 1. The van der Waals surface area contributed by atoms with Gasteiger partial charge in [-0.1, -0.05) is 25.1 Å². The van der Waals surface area contributed by atoms with Gasteiger partial charge in [-0.15, -0.1) is 0 Å². The summed E-state index contributed by atoms with van der Waals surface area (Å²) in [6.07, 6.45) is 0.828. The molecule has 128 valence electrons. The number of nitro benzene ring substituents is 1. The Kier molecular flexibility index (Phi) is 6.14. The average molecular weight is 330 g/mol. The summed E-state index contributed by atoms with van der Waals surface area (Å²) in [5.41, 5.74) is 2.07. The summed E-state index contributed by atoms with van der Waals surface area (Å²) >= 11 is 0. The van der Waals surface area contributed by atoms with Crippen molar-refractivity contribution >= 4 is 5.69 Å². The molecule has 0 heterocycles. The fourth-order valence-electron chi connectivity index (χ4n) is 2.58. The normalized spacial score (nSPS) is 11.8. The highest BCUT2D eigenvalue weighted by Crippen LogP contribution is 2.28. The van der Waals surface area contributed by atoms with Gasteiger partial charge in [-0.05, 0) is 29.7 Å². The SMILES string of the molecule is CCC(NCc1ccc(OC)c(OC)c1)c1cccc([N+](=O)[O-])c1. The van der Waals surface area contributed by atoms with Gasteiger partial charge in [0, 0.05) is 24.7 Å². The van der Waals surface area contributed by atoms with Gasteiger partial charge in [-0.2, -0.15) is 0 Å². The monoisotopic (exact) mass is 330 g/mol. The van der Waals surface area contributed by atoms with Gasteiger partial charge in [-0.3, -0.25) is 10.1 Å². The maximum atomic E-state index is 10.9. The summed E-state index contributed by atoms with van der Waals surface area (Å²) in [5.74, 6) is 1.37. The van der Waals surface area contributed by atoms with Crippen LogP contribution < -0.4 is 14.8 Å². The second-order valence-electron chi connectivity index (χ2n) is 5.38. The zero-order chi connectivity index (χ0) is 17.5. The smallest absolute Gasteiger partial charge is 0.269 e. The quantitative estimate of drug-likeness (QED) is 0.588. The van der Waals surface area contributed by atoms with E-state index in [1.54, 1.807) is 26.4 Å². The zero-order valence-electron chi connectivity index (χ0n) is 14.1. The Morgan fingerprint density at radius 2 is 1.88 bits per heavy atom. The van der Waals surface area contributed by atoms with Crippen LogP contribution in [0.2, 0.25) is 0 Å². The first-order valence-corrected chi connectivity index (χ1v) is 7.77. The van der Waals surface area contributed by atoms with Gasteiger partial charge >= 0.3 is 0 Å². The Hall–Kier alpha value is -2.60. The lowest BCUT2D eigenvalue weighted by Crippen LogP contribution is -2.20. The van der Waals surface area contributed by atoms with Crippen molar-refractivity contribution in [1.82, 2.24) is 5.32 Å². The number of benzene rings is 2. The van der Waals surface area contributed by atoms with E-state index in [1.165, 1.54) is 6.07 Å². The molecule has 1 N–H and O–H groups in total. The van der Waals surface area contributed by atoms with Crippen LogP contribution in [-0.2, 0) is 6.54 Å². The van der Waals surface area contributed by atoms with Crippen molar-refractivity contribution in [3.05, 3.63) is 63.7 Å². The largest absolute Gasteiger partial charge is 0.493 e. The molecular formula is C18H22N2O4. The average Bonchev–Trinajstić information content (AvgIpc) is 2.62. The molecule has 0 aromatic heterocycles. The van der Waals surface area contributed by atoms with E-state index < -0.39 is 0 Å². The van der Waals surface area contributed by atoms with E-state index in [9.17, 15) is 10.1 Å². The van der Waals surface area contributed by atoms with Gasteiger partial charge in [0.05, 0.1) is 19.1 Å². The molecule has 1 unspecified atom stereocenters. The van der Waals surface area contributed by atoms with Gasteiger partial charge < -0.3 is 14.8 Å². The van der Waals surface area contributed by atoms with Crippen LogP contribution in [0.1, 0.15) is 30.5 Å².